The Kier molecular flexibility index (Phi) is 6.45. The van der Waals surface area contributed by atoms with E-state index in [4.69, 9.17) is 15.9 Å². The lowest BCUT2D eigenvalue weighted by Gasteiger charge is -2.11. The minimum absolute atomic E-state index is 0.259. The summed E-state index contributed by atoms with van der Waals surface area (Å²) in [5.41, 5.74) is 5.17. The van der Waals surface area contributed by atoms with Gasteiger partial charge in [-0.15, -0.1) is 0 Å². The Bertz CT molecular complexity index is 80.5. The lowest BCUT2D eigenvalue weighted by Crippen LogP contribution is -2.36. The lowest BCUT2D eigenvalue weighted by atomic mass is 10.2. The molecule has 0 aliphatic heterocycles. The highest BCUT2D eigenvalue weighted by Crippen LogP contribution is 1.86. The topological polar surface area (TPSA) is 78.5 Å². The first kappa shape index (κ1) is 10.8. The molecule has 0 aromatic carbocycles. The minimum Gasteiger partial charge on any atom is -0.392 e. The molecule has 0 saturated carbocycles. The van der Waals surface area contributed by atoms with Crippen molar-refractivity contribution in [1.29, 1.82) is 0 Å². The number of nitrogens with two attached hydrogens (primary N) is 1. The molecule has 0 aliphatic carbocycles. The fraction of sp³-hybridized carbons (Fsp3) is 1.00. The van der Waals surface area contributed by atoms with E-state index in [1.54, 1.807) is 0 Å². The number of rotatable bonds is 6. The van der Waals surface area contributed by atoms with Crippen molar-refractivity contribution in [2.45, 2.75) is 25.6 Å². The summed E-state index contributed by atoms with van der Waals surface area (Å²) in [5.74, 6) is 0. The van der Waals surface area contributed by atoms with Crippen LogP contribution in [0.4, 0.5) is 0 Å². The number of hydrogen-bond acceptors (Lipinski definition) is 4. The molecule has 4 nitrogen and oxygen atoms in total. The van der Waals surface area contributed by atoms with Gasteiger partial charge in [0.15, 0.2) is 0 Å². The van der Waals surface area contributed by atoms with Gasteiger partial charge in [-0.3, -0.25) is 0 Å². The Labute approximate surface area is 67.4 Å². The molecule has 2 atom stereocenters. The van der Waals surface area contributed by atoms with Gasteiger partial charge < -0.3 is 21.3 Å². The van der Waals surface area contributed by atoms with E-state index in [-0.39, 0.29) is 12.6 Å². The molecule has 0 saturated heterocycles. The molecule has 0 radical (unpaired) electrons. The molecule has 0 aliphatic rings. The van der Waals surface area contributed by atoms with Gasteiger partial charge in [0.05, 0.1) is 12.2 Å². The maximum absolute atomic E-state index is 9.07. The van der Waals surface area contributed by atoms with E-state index >= 15 is 0 Å². The highest BCUT2D eigenvalue weighted by atomic mass is 16.3. The summed E-state index contributed by atoms with van der Waals surface area (Å²) in [5, 5.41) is 20.9. The molecule has 11 heavy (non-hydrogen) atoms. The lowest BCUT2D eigenvalue weighted by molar-refractivity contribution is 0.146. The van der Waals surface area contributed by atoms with Crippen molar-refractivity contribution in [3.05, 3.63) is 0 Å². The summed E-state index contributed by atoms with van der Waals surface area (Å²) in [6.07, 6.45) is -0.0924. The van der Waals surface area contributed by atoms with Crippen LogP contribution in [0.25, 0.3) is 0 Å². The van der Waals surface area contributed by atoms with Gasteiger partial charge in [0.1, 0.15) is 0 Å². The maximum Gasteiger partial charge on any atom is 0.0786 e. The van der Waals surface area contributed by atoms with Crippen molar-refractivity contribution in [3.63, 3.8) is 0 Å². The van der Waals surface area contributed by atoms with Crippen LogP contribution >= 0.6 is 0 Å². The zero-order valence-electron chi connectivity index (χ0n) is 6.95. The zero-order chi connectivity index (χ0) is 8.69. The molecular formula is C7H18N2O2. The SMILES string of the molecule is CCC(O)CNCC(O)CN. The van der Waals surface area contributed by atoms with Gasteiger partial charge in [-0.25, -0.2) is 0 Å². The Balaban J connectivity index is 3.13. The third-order valence-corrected chi connectivity index (χ3v) is 1.50. The smallest absolute Gasteiger partial charge is 0.0786 e. The predicted molar refractivity (Wildman–Crippen MR) is 44.2 cm³/mol. The van der Waals surface area contributed by atoms with E-state index in [1.165, 1.54) is 0 Å². The first-order valence-electron chi connectivity index (χ1n) is 3.97. The minimum atomic E-state index is -0.501. The fourth-order valence-corrected chi connectivity index (χ4v) is 0.644. The van der Waals surface area contributed by atoms with Crippen molar-refractivity contribution < 1.29 is 10.2 Å². The van der Waals surface area contributed by atoms with Crippen LogP contribution in [0.2, 0.25) is 0 Å². The molecule has 0 amide bonds. The van der Waals surface area contributed by atoms with Gasteiger partial charge in [0.2, 0.25) is 0 Å². The van der Waals surface area contributed by atoms with Gasteiger partial charge in [-0.1, -0.05) is 6.92 Å². The van der Waals surface area contributed by atoms with Crippen LogP contribution in [0.1, 0.15) is 13.3 Å². The molecule has 0 spiro atoms. The second kappa shape index (κ2) is 6.54. The predicted octanol–water partition coefficient (Wildman–Crippen LogP) is -1.33. The molecule has 0 heterocycles. The van der Waals surface area contributed by atoms with Crippen molar-refractivity contribution in [3.8, 4) is 0 Å². The van der Waals surface area contributed by atoms with Crippen molar-refractivity contribution in [2.75, 3.05) is 19.6 Å². The first-order chi connectivity index (χ1) is 5.20. The van der Waals surface area contributed by atoms with E-state index in [0.717, 1.165) is 6.42 Å². The molecule has 5 N–H and O–H groups in total. The molecule has 0 rings (SSSR count). The number of aliphatic hydroxyl groups is 2. The number of nitrogens with one attached hydrogen (secondary N) is 1. The molecule has 0 fully saturated rings. The standard InChI is InChI=1S/C7H18N2O2/c1-2-6(10)4-9-5-7(11)3-8/h6-7,9-11H,2-5,8H2,1H3. The Morgan fingerprint density at radius 1 is 1.27 bits per heavy atom. The number of hydrogen-bond donors (Lipinski definition) is 4. The van der Waals surface area contributed by atoms with Crippen molar-refractivity contribution in [1.82, 2.24) is 5.32 Å². The monoisotopic (exact) mass is 162 g/mol. The van der Waals surface area contributed by atoms with Crippen LogP contribution < -0.4 is 11.1 Å². The molecule has 68 valence electrons. The van der Waals surface area contributed by atoms with Gasteiger partial charge in [0.25, 0.3) is 0 Å². The molecule has 2 unspecified atom stereocenters. The fourth-order valence-electron chi connectivity index (χ4n) is 0.644. The first-order valence-corrected chi connectivity index (χ1v) is 3.97. The molecule has 0 aromatic rings. The molecular weight excluding hydrogens is 144 g/mol. The van der Waals surface area contributed by atoms with E-state index in [1.807, 2.05) is 6.92 Å². The summed E-state index contributed by atoms with van der Waals surface area (Å²) >= 11 is 0. The average molecular weight is 162 g/mol. The Hall–Kier alpha value is -0.160. The van der Waals surface area contributed by atoms with Gasteiger partial charge in [0, 0.05) is 19.6 Å². The average Bonchev–Trinajstić information content (AvgIpc) is 2.04. The third-order valence-electron chi connectivity index (χ3n) is 1.50. The highest BCUT2D eigenvalue weighted by Gasteiger charge is 2.02. The van der Waals surface area contributed by atoms with Crippen LogP contribution in [0.3, 0.4) is 0 Å². The Morgan fingerprint density at radius 3 is 2.27 bits per heavy atom. The summed E-state index contributed by atoms with van der Waals surface area (Å²) in [4.78, 5) is 0. The highest BCUT2D eigenvalue weighted by molar-refractivity contribution is 4.62. The summed E-state index contributed by atoms with van der Waals surface area (Å²) < 4.78 is 0. The van der Waals surface area contributed by atoms with Crippen LogP contribution in [0, 0.1) is 0 Å². The van der Waals surface area contributed by atoms with Gasteiger partial charge >= 0.3 is 0 Å². The summed E-state index contributed by atoms with van der Waals surface area (Å²) in [6, 6.07) is 0. The number of aliphatic hydroxyl groups excluding tert-OH is 2. The van der Waals surface area contributed by atoms with Crippen LogP contribution in [-0.4, -0.2) is 42.1 Å². The van der Waals surface area contributed by atoms with Gasteiger partial charge in [-0.05, 0) is 6.42 Å². The molecule has 4 heteroatoms. The Morgan fingerprint density at radius 2 is 1.82 bits per heavy atom. The van der Waals surface area contributed by atoms with E-state index in [0.29, 0.717) is 13.1 Å². The normalized spacial score (nSPS) is 16.4. The summed E-state index contributed by atoms with van der Waals surface area (Å²) in [7, 11) is 0. The summed E-state index contributed by atoms with van der Waals surface area (Å²) in [6.45, 7) is 3.14. The van der Waals surface area contributed by atoms with Crippen molar-refractivity contribution in [2.24, 2.45) is 5.73 Å². The van der Waals surface area contributed by atoms with E-state index in [9.17, 15) is 0 Å². The van der Waals surface area contributed by atoms with Crippen molar-refractivity contribution >= 4 is 0 Å². The third kappa shape index (κ3) is 6.25. The van der Waals surface area contributed by atoms with Crippen LogP contribution in [-0.2, 0) is 0 Å². The van der Waals surface area contributed by atoms with Gasteiger partial charge in [-0.2, -0.15) is 0 Å². The second-order valence-corrected chi connectivity index (χ2v) is 2.61. The van der Waals surface area contributed by atoms with Crippen LogP contribution in [0.5, 0.6) is 0 Å². The molecule has 0 aromatic heterocycles. The van der Waals surface area contributed by atoms with Crippen LogP contribution in [0.15, 0.2) is 0 Å². The largest absolute Gasteiger partial charge is 0.392 e. The molecule has 0 bridgehead atoms. The zero-order valence-corrected chi connectivity index (χ0v) is 6.95. The van der Waals surface area contributed by atoms with E-state index in [2.05, 4.69) is 5.32 Å². The second-order valence-electron chi connectivity index (χ2n) is 2.61. The quantitative estimate of drug-likeness (QED) is 0.390. The van der Waals surface area contributed by atoms with E-state index < -0.39 is 6.10 Å². The maximum atomic E-state index is 9.07.